The fraction of sp³-hybridized carbons (Fsp3) is 0.304. The number of fused-ring (bicyclic) bond motifs is 2. The molecule has 0 unspecified atom stereocenters. The Bertz CT molecular complexity index is 1240. The van der Waals surface area contributed by atoms with E-state index in [2.05, 4.69) is 10.6 Å². The van der Waals surface area contributed by atoms with Crippen molar-refractivity contribution in [3.05, 3.63) is 59.6 Å². The van der Waals surface area contributed by atoms with Crippen molar-refractivity contribution in [1.82, 2.24) is 14.5 Å². The molecule has 29 heavy (non-hydrogen) atoms. The normalized spacial score (nSPS) is 16.8. The monoisotopic (exact) mass is 389 g/mol. The Morgan fingerprint density at radius 1 is 1.24 bits per heavy atom. The minimum atomic E-state index is -0.0766. The predicted octanol–water partition coefficient (Wildman–Crippen LogP) is 4.61. The average molecular weight is 389 g/mol. The second-order valence-corrected chi connectivity index (χ2v) is 7.59. The van der Waals surface area contributed by atoms with E-state index >= 15 is 0 Å². The molecule has 2 aromatic heterocycles. The third-order valence-electron chi connectivity index (χ3n) is 5.97. The van der Waals surface area contributed by atoms with Crippen LogP contribution in [-0.2, 0) is 7.05 Å². The number of furan rings is 1. The fourth-order valence-corrected chi connectivity index (χ4v) is 4.41. The topological polar surface area (TPSA) is 60.5 Å². The quantitative estimate of drug-likeness (QED) is 0.513. The lowest BCUT2D eigenvalue weighted by Crippen LogP contribution is -2.32. The van der Waals surface area contributed by atoms with E-state index in [9.17, 15) is 4.79 Å². The van der Waals surface area contributed by atoms with Gasteiger partial charge in [0.2, 0.25) is 0 Å². The smallest absolute Gasteiger partial charge is 0.290 e. The minimum absolute atomic E-state index is 0.0537. The molecule has 148 valence electrons. The van der Waals surface area contributed by atoms with Gasteiger partial charge in [0.15, 0.2) is 5.76 Å². The number of nitrogens with zero attached hydrogens (tertiary/aromatic N) is 3. The summed E-state index contributed by atoms with van der Waals surface area (Å²) in [6, 6.07) is 13.7. The van der Waals surface area contributed by atoms with E-state index in [-0.39, 0.29) is 11.9 Å². The van der Waals surface area contributed by atoms with Crippen molar-refractivity contribution in [2.45, 2.75) is 25.8 Å². The molecule has 0 aliphatic carbocycles. The van der Waals surface area contributed by atoms with Gasteiger partial charge in [0, 0.05) is 30.6 Å². The lowest BCUT2D eigenvalue weighted by atomic mass is 10.1. The Labute approximate surface area is 168 Å². The Kier molecular flexibility index (Phi) is 4.08. The second-order valence-electron chi connectivity index (χ2n) is 7.59. The summed E-state index contributed by atoms with van der Waals surface area (Å²) >= 11 is 0. The van der Waals surface area contributed by atoms with Gasteiger partial charge in [0.1, 0.15) is 17.2 Å². The number of hydrogen-bond donors (Lipinski definition) is 0. The van der Waals surface area contributed by atoms with Crippen LogP contribution >= 0.6 is 0 Å². The van der Waals surface area contributed by atoms with E-state index in [0.717, 1.165) is 40.6 Å². The van der Waals surface area contributed by atoms with Crippen LogP contribution in [0.1, 0.15) is 40.8 Å². The van der Waals surface area contributed by atoms with Crippen molar-refractivity contribution < 1.29 is 13.9 Å². The first-order valence-electron chi connectivity index (χ1n) is 9.88. The summed E-state index contributed by atoms with van der Waals surface area (Å²) in [6.45, 7) is 2.64. The molecule has 1 aliphatic rings. The molecular weight excluding hydrogens is 366 g/mol. The molecule has 1 atom stereocenters. The molecule has 1 fully saturated rings. The Morgan fingerprint density at radius 3 is 2.86 bits per heavy atom. The van der Waals surface area contributed by atoms with Gasteiger partial charge >= 0.3 is 0 Å². The summed E-state index contributed by atoms with van der Waals surface area (Å²) in [7, 11) is 3.64. The van der Waals surface area contributed by atoms with E-state index in [1.54, 1.807) is 7.11 Å². The number of methoxy groups -OCH3 is 1. The standard InChI is InChI=1S/C23H23N3O3/c1-14-16-11-10-15(28-3)13-20(16)29-21(14)23(27)26-12-6-9-19(26)22-24-17-7-4-5-8-18(17)25(22)2/h4-5,7-8,10-11,13,19H,6,9,12H2,1-3H3/t19-/m1/s1. The van der Waals surface area contributed by atoms with Crippen molar-refractivity contribution in [2.24, 2.45) is 7.05 Å². The Hall–Kier alpha value is -3.28. The average Bonchev–Trinajstić information content (AvgIpc) is 3.44. The highest BCUT2D eigenvalue weighted by Crippen LogP contribution is 2.36. The summed E-state index contributed by atoms with van der Waals surface area (Å²) < 4.78 is 13.4. The number of rotatable bonds is 3. The number of hydrogen-bond acceptors (Lipinski definition) is 4. The van der Waals surface area contributed by atoms with Gasteiger partial charge < -0.3 is 18.6 Å². The molecule has 0 spiro atoms. The predicted molar refractivity (Wildman–Crippen MR) is 111 cm³/mol. The maximum absolute atomic E-state index is 13.5. The maximum Gasteiger partial charge on any atom is 0.290 e. The molecule has 0 saturated carbocycles. The maximum atomic E-state index is 13.5. The van der Waals surface area contributed by atoms with Crippen molar-refractivity contribution in [2.75, 3.05) is 13.7 Å². The fourth-order valence-electron chi connectivity index (χ4n) is 4.41. The van der Waals surface area contributed by atoms with Crippen molar-refractivity contribution in [1.29, 1.82) is 0 Å². The lowest BCUT2D eigenvalue weighted by molar-refractivity contribution is 0.0697. The molecule has 6 heteroatoms. The van der Waals surface area contributed by atoms with Crippen LogP contribution in [0.15, 0.2) is 46.9 Å². The number of likely N-dealkylation sites (tertiary alicyclic amines) is 1. The molecule has 6 nitrogen and oxygen atoms in total. The summed E-state index contributed by atoms with van der Waals surface area (Å²) in [5, 5.41) is 0.938. The molecule has 2 aromatic carbocycles. The van der Waals surface area contributed by atoms with E-state index < -0.39 is 0 Å². The van der Waals surface area contributed by atoms with Gasteiger partial charge in [-0.15, -0.1) is 0 Å². The number of para-hydroxylation sites is 2. The van der Waals surface area contributed by atoms with E-state index in [1.165, 1.54) is 0 Å². The third-order valence-corrected chi connectivity index (χ3v) is 5.97. The van der Waals surface area contributed by atoms with Crippen LogP contribution in [0.5, 0.6) is 5.75 Å². The lowest BCUT2D eigenvalue weighted by Gasteiger charge is -2.23. The van der Waals surface area contributed by atoms with Gasteiger partial charge in [-0.1, -0.05) is 12.1 Å². The van der Waals surface area contributed by atoms with Gasteiger partial charge in [0.05, 0.1) is 24.2 Å². The second kappa shape index (κ2) is 6.65. The number of aryl methyl sites for hydroxylation is 2. The van der Waals surface area contributed by atoms with Crippen LogP contribution in [0.2, 0.25) is 0 Å². The molecule has 0 bridgehead atoms. The zero-order valence-electron chi connectivity index (χ0n) is 16.8. The number of aromatic nitrogens is 2. The molecule has 1 aliphatic heterocycles. The summed E-state index contributed by atoms with van der Waals surface area (Å²) in [6.07, 6.45) is 1.85. The van der Waals surface area contributed by atoms with Crippen LogP contribution in [0, 0.1) is 6.92 Å². The zero-order valence-corrected chi connectivity index (χ0v) is 16.8. The van der Waals surface area contributed by atoms with Crippen LogP contribution in [0.3, 0.4) is 0 Å². The first-order valence-corrected chi connectivity index (χ1v) is 9.88. The highest BCUT2D eigenvalue weighted by Gasteiger charge is 2.36. The number of carbonyl (C=O) groups excluding carboxylic acids is 1. The van der Waals surface area contributed by atoms with Crippen LogP contribution in [-0.4, -0.2) is 34.0 Å². The molecule has 4 aromatic rings. The first-order chi connectivity index (χ1) is 14.1. The minimum Gasteiger partial charge on any atom is -0.497 e. The first kappa shape index (κ1) is 17.8. The largest absolute Gasteiger partial charge is 0.497 e. The van der Waals surface area contributed by atoms with Crippen LogP contribution in [0.25, 0.3) is 22.0 Å². The van der Waals surface area contributed by atoms with Gasteiger partial charge in [-0.2, -0.15) is 0 Å². The molecular formula is C23H23N3O3. The molecule has 5 rings (SSSR count). The van der Waals surface area contributed by atoms with Gasteiger partial charge in [-0.3, -0.25) is 4.79 Å². The number of carbonyl (C=O) groups is 1. The van der Waals surface area contributed by atoms with Gasteiger partial charge in [-0.05, 0) is 44.0 Å². The Balaban J connectivity index is 1.54. The van der Waals surface area contributed by atoms with Crippen LogP contribution < -0.4 is 4.74 Å². The molecule has 1 amide bonds. The highest BCUT2D eigenvalue weighted by molar-refractivity contribution is 5.99. The van der Waals surface area contributed by atoms with Gasteiger partial charge in [0.25, 0.3) is 5.91 Å². The Morgan fingerprint density at radius 2 is 2.07 bits per heavy atom. The molecule has 3 heterocycles. The van der Waals surface area contributed by atoms with E-state index in [4.69, 9.17) is 14.1 Å². The third kappa shape index (κ3) is 2.70. The van der Waals surface area contributed by atoms with Crippen molar-refractivity contribution >= 4 is 27.9 Å². The number of ether oxygens (including phenoxy) is 1. The number of imidazole rings is 1. The molecule has 1 saturated heterocycles. The summed E-state index contributed by atoms with van der Waals surface area (Å²) in [4.78, 5) is 20.2. The number of amides is 1. The van der Waals surface area contributed by atoms with Crippen LogP contribution in [0.4, 0.5) is 0 Å². The summed E-state index contributed by atoms with van der Waals surface area (Å²) in [5.74, 6) is 1.96. The highest BCUT2D eigenvalue weighted by atomic mass is 16.5. The van der Waals surface area contributed by atoms with Gasteiger partial charge in [-0.25, -0.2) is 4.98 Å². The molecule has 0 radical (unpaired) electrons. The number of benzene rings is 2. The van der Waals surface area contributed by atoms with Crippen molar-refractivity contribution in [3.63, 3.8) is 0 Å². The van der Waals surface area contributed by atoms with E-state index in [1.807, 2.05) is 55.3 Å². The van der Waals surface area contributed by atoms with E-state index in [0.29, 0.717) is 23.6 Å². The SMILES string of the molecule is COc1ccc2c(C)c(C(=O)N3CCC[C@@H]3c3nc4ccccc4n3C)oc2c1. The summed E-state index contributed by atoms with van der Waals surface area (Å²) in [5.41, 5.74) is 3.57. The zero-order chi connectivity index (χ0) is 20.1. The molecule has 0 N–H and O–H groups in total. The van der Waals surface area contributed by atoms with Crippen molar-refractivity contribution in [3.8, 4) is 5.75 Å².